The summed E-state index contributed by atoms with van der Waals surface area (Å²) in [6.07, 6.45) is 12.0. The third-order valence-electron chi connectivity index (χ3n) is 3.60. The maximum Gasteiger partial charge on any atom is 0.119 e. The van der Waals surface area contributed by atoms with Crippen LogP contribution in [0.4, 0.5) is 0 Å². The molecule has 2 rings (SSSR count). The van der Waals surface area contributed by atoms with E-state index in [0.29, 0.717) is 5.75 Å². The van der Waals surface area contributed by atoms with Crippen LogP contribution in [0.5, 0.6) is 5.75 Å². The number of hydrogen-bond donors (Lipinski definition) is 2. The number of phenolic OH excluding ortho intramolecular Hbond substituents is 1. The minimum atomic E-state index is 0.408. The second-order valence-electron chi connectivity index (χ2n) is 5.00. The highest BCUT2D eigenvalue weighted by atomic mass is 32.2. The van der Waals surface area contributed by atoms with E-state index in [2.05, 4.69) is 29.8 Å². The molecule has 0 bridgehead atoms. The van der Waals surface area contributed by atoms with Gasteiger partial charge < -0.3 is 10.4 Å². The zero-order valence-corrected chi connectivity index (χ0v) is 14.3. The monoisotopic (exact) mass is 321 g/mol. The standard InChI is InChI=1S/C17H23NOS2/c1-20-15-8-7-13(16(19)11-15)9-10-18-12-14-5-3-4-6-17(14)21-2/h5-8,11,18-19H,3-4,9-10,12H2,1-2H3. The highest BCUT2D eigenvalue weighted by molar-refractivity contribution is 8.02. The van der Waals surface area contributed by atoms with Gasteiger partial charge >= 0.3 is 0 Å². The molecule has 0 unspecified atom stereocenters. The van der Waals surface area contributed by atoms with Crippen molar-refractivity contribution < 1.29 is 5.11 Å². The second-order valence-corrected chi connectivity index (χ2v) is 6.73. The molecule has 2 N–H and O–H groups in total. The Morgan fingerprint density at radius 3 is 2.67 bits per heavy atom. The molecule has 0 aromatic heterocycles. The van der Waals surface area contributed by atoms with Gasteiger partial charge in [-0.15, -0.1) is 23.5 Å². The van der Waals surface area contributed by atoms with E-state index in [1.54, 1.807) is 11.8 Å². The van der Waals surface area contributed by atoms with Crippen LogP contribution < -0.4 is 5.32 Å². The Morgan fingerprint density at radius 1 is 1.14 bits per heavy atom. The van der Waals surface area contributed by atoms with Gasteiger partial charge in [-0.3, -0.25) is 0 Å². The van der Waals surface area contributed by atoms with Crippen molar-refractivity contribution in [3.8, 4) is 5.75 Å². The lowest BCUT2D eigenvalue weighted by molar-refractivity contribution is 0.465. The molecule has 0 spiro atoms. The molecule has 1 aromatic carbocycles. The van der Waals surface area contributed by atoms with Crippen molar-refractivity contribution in [3.63, 3.8) is 0 Å². The number of thioether (sulfide) groups is 2. The van der Waals surface area contributed by atoms with Crippen LogP contribution in [0.15, 0.2) is 45.7 Å². The van der Waals surface area contributed by atoms with Gasteiger partial charge in [0.05, 0.1) is 0 Å². The fourth-order valence-corrected chi connectivity index (χ4v) is 3.54. The molecule has 0 saturated carbocycles. The van der Waals surface area contributed by atoms with Crippen LogP contribution in [0, 0.1) is 0 Å². The summed E-state index contributed by atoms with van der Waals surface area (Å²) in [6, 6.07) is 5.94. The molecular formula is C17H23NOS2. The maximum atomic E-state index is 9.99. The molecular weight excluding hydrogens is 298 g/mol. The maximum absolute atomic E-state index is 9.99. The Balaban J connectivity index is 1.80. The first-order valence-corrected chi connectivity index (χ1v) is 9.69. The fraction of sp³-hybridized carbons (Fsp3) is 0.412. The van der Waals surface area contributed by atoms with Crippen molar-refractivity contribution >= 4 is 23.5 Å². The molecule has 0 saturated heterocycles. The quantitative estimate of drug-likeness (QED) is 0.582. The third-order valence-corrected chi connectivity index (χ3v) is 5.20. The molecule has 1 aromatic rings. The summed E-state index contributed by atoms with van der Waals surface area (Å²) in [6.45, 7) is 1.79. The molecule has 0 radical (unpaired) electrons. The molecule has 0 heterocycles. The van der Waals surface area contributed by atoms with Gasteiger partial charge in [-0.1, -0.05) is 18.2 Å². The third kappa shape index (κ3) is 4.83. The van der Waals surface area contributed by atoms with E-state index in [9.17, 15) is 5.11 Å². The Kier molecular flexibility index (Phi) is 6.74. The molecule has 0 amide bonds. The molecule has 4 heteroatoms. The fourth-order valence-electron chi connectivity index (χ4n) is 2.41. The van der Waals surface area contributed by atoms with Crippen LogP contribution in [-0.2, 0) is 6.42 Å². The summed E-state index contributed by atoms with van der Waals surface area (Å²) in [5.74, 6) is 0.408. The highest BCUT2D eigenvalue weighted by Crippen LogP contribution is 2.27. The predicted molar refractivity (Wildman–Crippen MR) is 95.4 cm³/mol. The Bertz CT molecular complexity index is 538. The van der Waals surface area contributed by atoms with E-state index < -0.39 is 0 Å². The summed E-state index contributed by atoms with van der Waals surface area (Å²) >= 11 is 3.48. The van der Waals surface area contributed by atoms with Gasteiger partial charge in [0.1, 0.15) is 5.75 Å². The highest BCUT2D eigenvalue weighted by Gasteiger charge is 2.08. The van der Waals surface area contributed by atoms with Crippen molar-refractivity contribution in [1.82, 2.24) is 5.32 Å². The van der Waals surface area contributed by atoms with E-state index in [1.807, 2.05) is 30.2 Å². The molecule has 21 heavy (non-hydrogen) atoms. The molecule has 114 valence electrons. The van der Waals surface area contributed by atoms with Crippen molar-refractivity contribution in [2.45, 2.75) is 24.2 Å². The number of allylic oxidation sites excluding steroid dienone is 2. The SMILES string of the molecule is CSC1=CCCC=C1CNCCc1ccc(SC)cc1O. The number of benzene rings is 1. The van der Waals surface area contributed by atoms with Gasteiger partial charge in [-0.05, 0) is 61.6 Å². The Morgan fingerprint density at radius 2 is 1.95 bits per heavy atom. The lowest BCUT2D eigenvalue weighted by Gasteiger charge is -2.15. The molecule has 0 fully saturated rings. The average Bonchev–Trinajstić information content (AvgIpc) is 2.53. The van der Waals surface area contributed by atoms with Crippen LogP contribution >= 0.6 is 23.5 Å². The van der Waals surface area contributed by atoms with Crippen molar-refractivity contribution in [2.75, 3.05) is 25.6 Å². The first-order valence-electron chi connectivity index (χ1n) is 7.24. The first-order chi connectivity index (χ1) is 10.2. The molecule has 0 atom stereocenters. The zero-order valence-electron chi connectivity index (χ0n) is 12.7. The van der Waals surface area contributed by atoms with E-state index in [-0.39, 0.29) is 0 Å². The van der Waals surface area contributed by atoms with Gasteiger partial charge in [-0.25, -0.2) is 0 Å². The van der Waals surface area contributed by atoms with E-state index in [0.717, 1.165) is 42.8 Å². The lowest BCUT2D eigenvalue weighted by Crippen LogP contribution is -2.21. The molecule has 2 nitrogen and oxygen atoms in total. The predicted octanol–water partition coefficient (Wildman–Crippen LogP) is 4.21. The normalized spacial score (nSPS) is 14.8. The van der Waals surface area contributed by atoms with E-state index in [1.165, 1.54) is 10.5 Å². The zero-order chi connectivity index (χ0) is 15.1. The number of aromatic hydroxyl groups is 1. The Labute approximate surface area is 136 Å². The van der Waals surface area contributed by atoms with Crippen LogP contribution in [0.25, 0.3) is 0 Å². The van der Waals surface area contributed by atoms with Crippen LogP contribution in [-0.4, -0.2) is 30.7 Å². The summed E-state index contributed by atoms with van der Waals surface area (Å²) in [5.41, 5.74) is 2.43. The van der Waals surface area contributed by atoms with Crippen molar-refractivity contribution in [1.29, 1.82) is 0 Å². The molecule has 1 aliphatic rings. The van der Waals surface area contributed by atoms with Gasteiger partial charge in [0, 0.05) is 16.3 Å². The van der Waals surface area contributed by atoms with Gasteiger partial charge in [0.25, 0.3) is 0 Å². The van der Waals surface area contributed by atoms with Crippen LogP contribution in [0.3, 0.4) is 0 Å². The lowest BCUT2D eigenvalue weighted by atomic mass is 10.1. The van der Waals surface area contributed by atoms with Gasteiger partial charge in [0.2, 0.25) is 0 Å². The molecule has 1 aliphatic carbocycles. The largest absolute Gasteiger partial charge is 0.508 e. The molecule has 0 aliphatic heterocycles. The van der Waals surface area contributed by atoms with Gasteiger partial charge in [-0.2, -0.15) is 0 Å². The van der Waals surface area contributed by atoms with Crippen LogP contribution in [0.2, 0.25) is 0 Å². The van der Waals surface area contributed by atoms with E-state index >= 15 is 0 Å². The summed E-state index contributed by atoms with van der Waals surface area (Å²) in [4.78, 5) is 2.51. The summed E-state index contributed by atoms with van der Waals surface area (Å²) in [7, 11) is 0. The topological polar surface area (TPSA) is 32.3 Å². The van der Waals surface area contributed by atoms with E-state index in [4.69, 9.17) is 0 Å². The number of phenols is 1. The smallest absolute Gasteiger partial charge is 0.119 e. The Hall–Kier alpha value is -0.840. The minimum Gasteiger partial charge on any atom is -0.508 e. The van der Waals surface area contributed by atoms with Crippen molar-refractivity contribution in [2.24, 2.45) is 0 Å². The van der Waals surface area contributed by atoms with Crippen molar-refractivity contribution in [3.05, 3.63) is 46.4 Å². The first kappa shape index (κ1) is 16.5. The number of nitrogens with one attached hydrogen (secondary N) is 1. The number of hydrogen-bond acceptors (Lipinski definition) is 4. The minimum absolute atomic E-state index is 0.408. The second kappa shape index (κ2) is 8.57. The number of rotatable bonds is 7. The van der Waals surface area contributed by atoms with Gasteiger partial charge in [0.15, 0.2) is 0 Å². The average molecular weight is 322 g/mol. The van der Waals surface area contributed by atoms with Crippen LogP contribution in [0.1, 0.15) is 18.4 Å². The summed E-state index contributed by atoms with van der Waals surface area (Å²) < 4.78 is 0. The summed E-state index contributed by atoms with van der Waals surface area (Å²) in [5, 5.41) is 13.5.